The first-order valence-electron chi connectivity index (χ1n) is 8.68. The Morgan fingerprint density at radius 1 is 1.11 bits per heavy atom. The van der Waals surface area contributed by atoms with E-state index in [1.54, 1.807) is 0 Å². The molecule has 3 rings (SSSR count). The number of aliphatic carboxylic acids is 1. The lowest BCUT2D eigenvalue weighted by Crippen LogP contribution is -2.03. The number of carboxylic acids is 1. The average molecular weight is 377 g/mol. The molecule has 2 radical (unpaired) electrons. The highest BCUT2D eigenvalue weighted by Gasteiger charge is 2.12. The Bertz CT molecular complexity index is 951. The minimum absolute atomic E-state index is 0.131. The summed E-state index contributed by atoms with van der Waals surface area (Å²) in [5.41, 5.74) is 6.83. The van der Waals surface area contributed by atoms with E-state index in [2.05, 4.69) is 4.37 Å². The third kappa shape index (κ3) is 4.58. The molecule has 0 amide bonds. The lowest BCUT2D eigenvalue weighted by molar-refractivity contribution is -0.136. The number of aryl methyl sites for hydroxylation is 1. The molecule has 27 heavy (non-hydrogen) atoms. The van der Waals surface area contributed by atoms with E-state index in [1.165, 1.54) is 11.5 Å². The van der Waals surface area contributed by atoms with E-state index < -0.39 is 5.97 Å². The molecule has 2 aromatic carbocycles. The highest BCUT2D eigenvalue weighted by Crippen LogP contribution is 2.28. The molecule has 0 atom stereocenters. The van der Waals surface area contributed by atoms with E-state index >= 15 is 0 Å². The van der Waals surface area contributed by atoms with Crippen molar-refractivity contribution in [2.45, 2.75) is 33.3 Å². The predicted octanol–water partition coefficient (Wildman–Crippen LogP) is 3.82. The lowest BCUT2D eigenvalue weighted by atomic mass is 9.94. The minimum atomic E-state index is -0.785. The summed E-state index contributed by atoms with van der Waals surface area (Å²) in [4.78, 5) is 10.8. The van der Waals surface area contributed by atoms with Crippen molar-refractivity contribution < 1.29 is 14.6 Å². The van der Waals surface area contributed by atoms with E-state index in [-0.39, 0.29) is 6.42 Å². The third-order valence-electron chi connectivity index (χ3n) is 4.67. The van der Waals surface area contributed by atoms with Crippen LogP contribution in [0.15, 0.2) is 41.8 Å². The van der Waals surface area contributed by atoms with Gasteiger partial charge in [-0.05, 0) is 54.6 Å². The van der Waals surface area contributed by atoms with E-state index in [1.807, 2.05) is 55.6 Å². The molecule has 0 aliphatic rings. The largest absolute Gasteiger partial charge is 0.489 e. The monoisotopic (exact) mass is 377 g/mol. The number of hydrogen-bond donors (Lipinski definition) is 1. The van der Waals surface area contributed by atoms with E-state index in [0.29, 0.717) is 13.0 Å². The molecular weight excluding hydrogens is 357 g/mol. The van der Waals surface area contributed by atoms with Gasteiger partial charge in [0.25, 0.3) is 0 Å². The summed E-state index contributed by atoms with van der Waals surface area (Å²) in [6.07, 6.45) is 0.657. The molecule has 1 heterocycles. The number of hydrogen-bond acceptors (Lipinski definition) is 4. The van der Waals surface area contributed by atoms with Crippen LogP contribution in [0, 0.1) is 13.8 Å². The molecule has 4 nitrogen and oxygen atoms in total. The summed E-state index contributed by atoms with van der Waals surface area (Å²) in [5.74, 6) is 0.0218. The first-order valence-corrected chi connectivity index (χ1v) is 9.52. The summed E-state index contributed by atoms with van der Waals surface area (Å²) >= 11 is 1.40. The number of carboxylic acid groups (broad SMARTS) is 1. The van der Waals surface area contributed by atoms with Crippen molar-refractivity contribution in [3.05, 3.63) is 64.0 Å². The summed E-state index contributed by atoms with van der Waals surface area (Å²) in [7, 11) is 5.76. The zero-order valence-corrected chi connectivity index (χ0v) is 16.2. The van der Waals surface area contributed by atoms with Crippen LogP contribution in [0.3, 0.4) is 0 Å². The van der Waals surface area contributed by atoms with E-state index in [9.17, 15) is 4.79 Å². The first kappa shape index (κ1) is 19.2. The van der Waals surface area contributed by atoms with E-state index in [0.717, 1.165) is 44.7 Å². The van der Waals surface area contributed by atoms with Crippen LogP contribution in [-0.4, -0.2) is 23.3 Å². The van der Waals surface area contributed by atoms with Crippen molar-refractivity contribution in [1.82, 2.24) is 4.37 Å². The number of rotatable bonds is 7. The zero-order chi connectivity index (χ0) is 19.4. The zero-order valence-electron chi connectivity index (χ0n) is 15.4. The van der Waals surface area contributed by atoms with Gasteiger partial charge in [0, 0.05) is 22.9 Å². The van der Waals surface area contributed by atoms with Crippen LogP contribution in [0.2, 0.25) is 0 Å². The molecule has 136 valence electrons. The van der Waals surface area contributed by atoms with E-state index in [4.69, 9.17) is 17.7 Å². The van der Waals surface area contributed by atoms with Crippen LogP contribution >= 0.6 is 11.5 Å². The topological polar surface area (TPSA) is 59.4 Å². The lowest BCUT2D eigenvalue weighted by Gasteiger charge is -2.14. The molecule has 1 N–H and O–H groups in total. The van der Waals surface area contributed by atoms with Crippen LogP contribution in [0.25, 0.3) is 11.3 Å². The third-order valence-corrected chi connectivity index (χ3v) is 5.35. The molecular formula is C21H20BNO3S. The Balaban J connectivity index is 1.74. The number of nitrogens with zero attached hydrogens (tertiary/aromatic N) is 1. The molecule has 0 spiro atoms. The molecule has 0 unspecified atom stereocenters. The second-order valence-electron chi connectivity index (χ2n) is 6.47. The van der Waals surface area contributed by atoms with Gasteiger partial charge in [-0.1, -0.05) is 35.8 Å². The van der Waals surface area contributed by atoms with Gasteiger partial charge >= 0.3 is 5.97 Å². The molecule has 0 fully saturated rings. The van der Waals surface area contributed by atoms with Crippen LogP contribution in [0.1, 0.15) is 28.7 Å². The van der Waals surface area contributed by atoms with Crippen LogP contribution in [0.5, 0.6) is 5.75 Å². The molecule has 0 aliphatic carbocycles. The predicted molar refractivity (Wildman–Crippen MR) is 109 cm³/mol. The highest BCUT2D eigenvalue weighted by atomic mass is 32.1. The maximum Gasteiger partial charge on any atom is 0.303 e. The van der Waals surface area contributed by atoms with Gasteiger partial charge in [0.2, 0.25) is 0 Å². The van der Waals surface area contributed by atoms with Crippen molar-refractivity contribution in [2.75, 3.05) is 0 Å². The van der Waals surface area contributed by atoms with Gasteiger partial charge in [-0.2, -0.15) is 4.37 Å². The van der Waals surface area contributed by atoms with Crippen molar-refractivity contribution in [1.29, 1.82) is 0 Å². The second-order valence-corrected chi connectivity index (χ2v) is 7.09. The fraction of sp³-hybridized carbons (Fsp3) is 0.238. The average Bonchev–Trinajstić information content (AvgIpc) is 3.11. The Morgan fingerprint density at radius 2 is 1.85 bits per heavy atom. The van der Waals surface area contributed by atoms with Gasteiger partial charge in [-0.25, -0.2) is 0 Å². The molecule has 0 saturated carbocycles. The van der Waals surface area contributed by atoms with Crippen molar-refractivity contribution >= 4 is 30.8 Å². The maximum atomic E-state index is 10.8. The number of ether oxygens (including phenoxy) is 1. The molecule has 0 aliphatic heterocycles. The van der Waals surface area contributed by atoms with Crippen molar-refractivity contribution in [3.63, 3.8) is 0 Å². The number of aromatic nitrogens is 1. The Morgan fingerprint density at radius 3 is 2.56 bits per heavy atom. The smallest absolute Gasteiger partial charge is 0.303 e. The van der Waals surface area contributed by atoms with Gasteiger partial charge in [-0.3, -0.25) is 4.79 Å². The fourth-order valence-corrected chi connectivity index (χ4v) is 3.60. The first-order chi connectivity index (χ1) is 13.0. The summed E-state index contributed by atoms with van der Waals surface area (Å²) in [6, 6.07) is 11.5. The number of carbonyl (C=O) groups is 1. The van der Waals surface area contributed by atoms with Gasteiger partial charge in [-0.15, -0.1) is 0 Å². The van der Waals surface area contributed by atoms with Gasteiger partial charge < -0.3 is 9.84 Å². The maximum absolute atomic E-state index is 10.8. The van der Waals surface area contributed by atoms with Gasteiger partial charge in [0.05, 0.1) is 5.69 Å². The summed E-state index contributed by atoms with van der Waals surface area (Å²) in [6.45, 7) is 4.43. The quantitative estimate of drug-likeness (QED) is 0.636. The Labute approximate surface area is 164 Å². The number of benzene rings is 2. The van der Waals surface area contributed by atoms with Crippen molar-refractivity contribution in [2.24, 2.45) is 0 Å². The van der Waals surface area contributed by atoms with Crippen LogP contribution in [0.4, 0.5) is 0 Å². The Hall–Kier alpha value is -2.60. The normalized spacial score (nSPS) is 10.7. The molecule has 0 bridgehead atoms. The van der Waals surface area contributed by atoms with Crippen LogP contribution in [-0.2, 0) is 17.8 Å². The van der Waals surface area contributed by atoms with Gasteiger partial charge in [0.15, 0.2) is 0 Å². The standard InChI is InChI=1S/C21H20BNO3S/c1-13-14(2)19(9-5-15(13)6-10-20(24)25)26-11-17-12-27-23-21(17)16-3-7-18(22)8-4-16/h3-5,7-9,12H,6,10-11H2,1-2H3,(H,24,25). The summed E-state index contributed by atoms with van der Waals surface area (Å²) < 4.78 is 10.5. The minimum Gasteiger partial charge on any atom is -0.489 e. The van der Waals surface area contributed by atoms with Crippen LogP contribution < -0.4 is 10.2 Å². The highest BCUT2D eigenvalue weighted by molar-refractivity contribution is 7.04. The summed E-state index contributed by atoms with van der Waals surface area (Å²) in [5, 5.41) is 10.9. The second kappa shape index (κ2) is 8.40. The van der Waals surface area contributed by atoms with Crippen molar-refractivity contribution in [3.8, 4) is 17.0 Å². The molecule has 6 heteroatoms. The molecule has 1 aromatic heterocycles. The van der Waals surface area contributed by atoms with Gasteiger partial charge in [0.1, 0.15) is 20.2 Å². The molecule has 0 saturated heterocycles. The fourth-order valence-electron chi connectivity index (χ4n) is 2.91. The molecule has 3 aromatic rings. The Kier molecular flexibility index (Phi) is 5.96. The SMILES string of the molecule is [B]c1ccc(-c2nscc2COc2ccc(CCC(=O)O)c(C)c2C)cc1.